The van der Waals surface area contributed by atoms with Crippen molar-refractivity contribution in [3.8, 4) is 6.07 Å². The molecule has 2 heterocycles. The van der Waals surface area contributed by atoms with Crippen LogP contribution in [0.15, 0.2) is 24.3 Å². The zero-order chi connectivity index (χ0) is 17.7. The first-order valence-electron chi connectivity index (χ1n) is 7.83. The second-order valence-corrected chi connectivity index (χ2v) is 7.28. The van der Waals surface area contributed by atoms with E-state index < -0.39 is 0 Å². The van der Waals surface area contributed by atoms with Crippen molar-refractivity contribution in [3.05, 3.63) is 50.5 Å². The van der Waals surface area contributed by atoms with Crippen molar-refractivity contribution in [2.45, 2.75) is 19.9 Å². The maximum atomic E-state index is 9.46. The summed E-state index contributed by atoms with van der Waals surface area (Å²) in [5, 5.41) is 11.2. The zero-order valence-corrected chi connectivity index (χ0v) is 15.6. The summed E-state index contributed by atoms with van der Waals surface area (Å²) in [6.45, 7) is 3.54. The normalized spacial score (nSPS) is 13.8. The lowest BCUT2D eigenvalue weighted by atomic mass is 10.1. The lowest BCUT2D eigenvalue weighted by Gasteiger charge is -2.31. The molecule has 2 aromatic carbocycles. The predicted octanol–water partition coefficient (Wildman–Crippen LogP) is 5.72. The Morgan fingerprint density at radius 2 is 1.92 bits per heavy atom. The van der Waals surface area contributed by atoms with Gasteiger partial charge in [-0.15, -0.1) is 0 Å². The van der Waals surface area contributed by atoms with Gasteiger partial charge in [-0.05, 0) is 43.2 Å². The van der Waals surface area contributed by atoms with Gasteiger partial charge in [0.1, 0.15) is 11.6 Å². The number of anilines is 2. The van der Waals surface area contributed by atoms with Crippen molar-refractivity contribution >= 4 is 57.5 Å². The molecule has 0 unspecified atom stereocenters. The Kier molecular flexibility index (Phi) is 4.04. The fraction of sp³-hybridized carbons (Fsp3) is 0.222. The fourth-order valence-corrected chi connectivity index (χ4v) is 4.33. The summed E-state index contributed by atoms with van der Waals surface area (Å²) in [4.78, 5) is 6.82. The number of nitriles is 1. The molecule has 0 N–H and O–H groups in total. The molecular formula is C18H13Cl3N4. The summed E-state index contributed by atoms with van der Waals surface area (Å²) in [5.74, 6) is 0.748. The summed E-state index contributed by atoms with van der Waals surface area (Å²) < 4.78 is 2.05. The highest BCUT2D eigenvalue weighted by Gasteiger charge is 2.27. The molecule has 4 nitrogen and oxygen atoms in total. The van der Waals surface area contributed by atoms with E-state index in [9.17, 15) is 5.26 Å². The summed E-state index contributed by atoms with van der Waals surface area (Å²) in [6, 6.07) is 9.31. The third-order valence-electron chi connectivity index (χ3n) is 4.44. The van der Waals surface area contributed by atoms with Crippen LogP contribution in [0.4, 0.5) is 11.6 Å². The first kappa shape index (κ1) is 16.5. The minimum atomic E-state index is 0.537. The highest BCUT2D eigenvalue weighted by atomic mass is 35.5. The monoisotopic (exact) mass is 390 g/mol. The largest absolute Gasteiger partial charge is 0.310 e. The second kappa shape index (κ2) is 6.10. The molecule has 0 aliphatic carbocycles. The molecule has 0 radical (unpaired) electrons. The van der Waals surface area contributed by atoms with Crippen molar-refractivity contribution in [3.63, 3.8) is 0 Å². The number of rotatable bonds is 1. The summed E-state index contributed by atoms with van der Waals surface area (Å²) >= 11 is 18.9. The molecular weight excluding hydrogens is 379 g/mol. The van der Waals surface area contributed by atoms with Gasteiger partial charge >= 0.3 is 0 Å². The van der Waals surface area contributed by atoms with Crippen LogP contribution < -0.4 is 4.90 Å². The van der Waals surface area contributed by atoms with Crippen LogP contribution in [0.25, 0.3) is 11.0 Å². The molecule has 126 valence electrons. The van der Waals surface area contributed by atoms with Crippen LogP contribution in [-0.2, 0) is 6.54 Å². The maximum Gasteiger partial charge on any atom is 0.211 e. The van der Waals surface area contributed by atoms with E-state index in [1.807, 2.05) is 17.6 Å². The van der Waals surface area contributed by atoms with Crippen LogP contribution in [0.2, 0.25) is 15.1 Å². The minimum absolute atomic E-state index is 0.537. The smallest absolute Gasteiger partial charge is 0.211 e. The van der Waals surface area contributed by atoms with E-state index in [2.05, 4.69) is 11.0 Å². The number of benzene rings is 2. The lowest BCUT2D eigenvalue weighted by Crippen LogP contribution is -2.29. The molecule has 0 fully saturated rings. The number of aromatic nitrogens is 2. The van der Waals surface area contributed by atoms with E-state index in [0.717, 1.165) is 42.2 Å². The van der Waals surface area contributed by atoms with E-state index in [-0.39, 0.29) is 0 Å². The van der Waals surface area contributed by atoms with Crippen molar-refractivity contribution in [2.24, 2.45) is 0 Å². The van der Waals surface area contributed by atoms with Gasteiger partial charge in [0.05, 0.1) is 26.8 Å². The standard InChI is InChI=1S/C18H13Cl3N4/c1-10-7-12(19)8-14(21)16(10)24-5-2-6-25-17-11(9-22)3-4-13(20)15(17)23-18(24)25/h3-4,7-8H,2,5-6H2,1H3. The summed E-state index contributed by atoms with van der Waals surface area (Å²) in [5.41, 5.74) is 3.85. The average molecular weight is 392 g/mol. The number of halogens is 3. The van der Waals surface area contributed by atoms with E-state index in [1.54, 1.807) is 18.2 Å². The second-order valence-electron chi connectivity index (χ2n) is 6.03. The Morgan fingerprint density at radius 3 is 2.64 bits per heavy atom. The van der Waals surface area contributed by atoms with Crippen molar-refractivity contribution in [1.29, 1.82) is 5.26 Å². The summed E-state index contributed by atoms with van der Waals surface area (Å²) in [7, 11) is 0. The zero-order valence-electron chi connectivity index (χ0n) is 13.4. The fourth-order valence-electron chi connectivity index (χ4n) is 3.44. The Bertz CT molecular complexity index is 1030. The van der Waals surface area contributed by atoms with Crippen molar-refractivity contribution in [1.82, 2.24) is 9.55 Å². The highest BCUT2D eigenvalue weighted by Crippen LogP contribution is 2.41. The van der Waals surface area contributed by atoms with Gasteiger partial charge in [-0.25, -0.2) is 4.98 Å². The molecule has 0 saturated heterocycles. The summed E-state index contributed by atoms with van der Waals surface area (Å²) in [6.07, 6.45) is 0.911. The third-order valence-corrected chi connectivity index (χ3v) is 5.25. The van der Waals surface area contributed by atoms with Gasteiger partial charge in [0.15, 0.2) is 0 Å². The Balaban J connectivity index is 2.00. The van der Waals surface area contributed by atoms with Gasteiger partial charge in [0, 0.05) is 18.1 Å². The molecule has 0 amide bonds. The molecule has 0 bridgehead atoms. The Morgan fingerprint density at radius 1 is 1.12 bits per heavy atom. The Hall–Kier alpha value is -1.93. The molecule has 1 aliphatic rings. The maximum absolute atomic E-state index is 9.46. The topological polar surface area (TPSA) is 44.9 Å². The van der Waals surface area contributed by atoms with Gasteiger partial charge in [-0.3, -0.25) is 0 Å². The van der Waals surface area contributed by atoms with E-state index >= 15 is 0 Å². The Labute approximate surface area is 160 Å². The van der Waals surface area contributed by atoms with Crippen LogP contribution in [0.5, 0.6) is 0 Å². The van der Waals surface area contributed by atoms with Gasteiger partial charge < -0.3 is 9.47 Å². The van der Waals surface area contributed by atoms with Crippen LogP contribution in [0, 0.1) is 18.3 Å². The first-order valence-corrected chi connectivity index (χ1v) is 8.96. The van der Waals surface area contributed by atoms with E-state index in [0.29, 0.717) is 26.1 Å². The third kappa shape index (κ3) is 2.55. The highest BCUT2D eigenvalue weighted by molar-refractivity contribution is 6.37. The van der Waals surface area contributed by atoms with Crippen LogP contribution in [-0.4, -0.2) is 16.1 Å². The van der Waals surface area contributed by atoms with Crippen LogP contribution in [0.3, 0.4) is 0 Å². The number of hydrogen-bond acceptors (Lipinski definition) is 3. The van der Waals surface area contributed by atoms with Gasteiger partial charge in [-0.1, -0.05) is 34.8 Å². The first-order chi connectivity index (χ1) is 12.0. The van der Waals surface area contributed by atoms with E-state index in [4.69, 9.17) is 39.8 Å². The molecule has 4 rings (SSSR count). The molecule has 0 spiro atoms. The van der Waals surface area contributed by atoms with Gasteiger partial charge in [0.2, 0.25) is 5.95 Å². The van der Waals surface area contributed by atoms with Crippen molar-refractivity contribution < 1.29 is 0 Å². The molecule has 0 atom stereocenters. The number of nitrogens with zero attached hydrogens (tertiary/aromatic N) is 4. The molecule has 0 saturated carbocycles. The SMILES string of the molecule is Cc1cc(Cl)cc(Cl)c1N1CCCn2c1nc1c(Cl)ccc(C#N)c12. The number of fused-ring (bicyclic) bond motifs is 3. The molecule has 1 aromatic heterocycles. The molecule has 1 aliphatic heterocycles. The molecule has 3 aromatic rings. The van der Waals surface area contributed by atoms with Crippen molar-refractivity contribution in [2.75, 3.05) is 11.4 Å². The van der Waals surface area contributed by atoms with Crippen LogP contribution in [0.1, 0.15) is 17.5 Å². The number of hydrogen-bond donors (Lipinski definition) is 0. The van der Waals surface area contributed by atoms with Gasteiger partial charge in [0.25, 0.3) is 0 Å². The number of imidazole rings is 1. The number of aryl methyl sites for hydroxylation is 2. The molecule has 7 heteroatoms. The van der Waals surface area contributed by atoms with Gasteiger partial charge in [-0.2, -0.15) is 5.26 Å². The average Bonchev–Trinajstić information content (AvgIpc) is 2.96. The quantitative estimate of drug-likeness (QED) is 0.533. The predicted molar refractivity (Wildman–Crippen MR) is 102 cm³/mol. The minimum Gasteiger partial charge on any atom is -0.310 e. The molecule has 25 heavy (non-hydrogen) atoms. The lowest BCUT2D eigenvalue weighted by molar-refractivity contribution is 0.603. The van der Waals surface area contributed by atoms with E-state index in [1.165, 1.54) is 0 Å². The van der Waals surface area contributed by atoms with Crippen LogP contribution >= 0.6 is 34.8 Å².